The average molecular weight is 472 g/mol. The summed E-state index contributed by atoms with van der Waals surface area (Å²) in [5, 5.41) is 11.8. The van der Waals surface area contributed by atoms with Crippen molar-refractivity contribution in [3.8, 4) is 23.0 Å². The van der Waals surface area contributed by atoms with Crippen LogP contribution in [0.3, 0.4) is 0 Å². The molecule has 9 nitrogen and oxygen atoms in total. The molecule has 4 rings (SSSR count). The van der Waals surface area contributed by atoms with Crippen molar-refractivity contribution in [3.63, 3.8) is 0 Å². The lowest BCUT2D eigenvalue weighted by molar-refractivity contribution is -0.137. The first-order chi connectivity index (χ1) is 16.5. The normalized spacial score (nSPS) is 16.4. The van der Waals surface area contributed by atoms with E-state index in [4.69, 9.17) is 28.8 Å². The molecule has 182 valence electrons. The summed E-state index contributed by atoms with van der Waals surface area (Å²) >= 11 is 0. The average Bonchev–Trinajstić information content (AvgIpc) is 3.43. The number of benzene rings is 2. The van der Waals surface area contributed by atoms with Crippen LogP contribution in [0, 0.1) is 0 Å². The van der Waals surface area contributed by atoms with Crippen LogP contribution in [0.15, 0.2) is 30.3 Å². The molecule has 0 fully saturated rings. The van der Waals surface area contributed by atoms with Gasteiger partial charge in [0.1, 0.15) is 24.2 Å². The Morgan fingerprint density at radius 2 is 2.00 bits per heavy atom. The number of carbonyl (C=O) groups excluding carboxylic acids is 1. The van der Waals surface area contributed by atoms with Gasteiger partial charge in [-0.15, -0.1) is 0 Å². The minimum atomic E-state index is -0.856. The molecule has 0 spiro atoms. The SMILES string of the molecule is CCCC(CC)OC(=O)Nc1cc(COc2ccc3c(c2)OCC3CC(=O)O)c2c(c1)OCO2. The van der Waals surface area contributed by atoms with Crippen molar-refractivity contribution in [2.75, 3.05) is 18.7 Å². The molecule has 1 amide bonds. The summed E-state index contributed by atoms with van der Waals surface area (Å²) in [4.78, 5) is 23.4. The molecule has 0 aromatic heterocycles. The Labute approximate surface area is 197 Å². The number of carbonyl (C=O) groups is 2. The molecule has 0 radical (unpaired) electrons. The van der Waals surface area contributed by atoms with Crippen molar-refractivity contribution in [1.29, 1.82) is 0 Å². The first-order valence-electron chi connectivity index (χ1n) is 11.5. The highest BCUT2D eigenvalue weighted by atomic mass is 16.7. The largest absolute Gasteiger partial charge is 0.492 e. The molecule has 2 heterocycles. The number of anilines is 1. The minimum absolute atomic E-state index is 0.0242. The standard InChI is InChI=1S/C25H29NO8/c1-3-5-18(4-2)34-25(29)26-17-8-16(24-22(10-17)32-14-33-24)13-30-19-6-7-20-15(9-23(27)28)12-31-21(20)11-19/h6-8,10-11,15,18H,3-5,9,12-14H2,1-2H3,(H,26,29)(H,27,28). The van der Waals surface area contributed by atoms with Crippen LogP contribution in [0.25, 0.3) is 0 Å². The highest BCUT2D eigenvalue weighted by Crippen LogP contribution is 2.41. The number of nitrogens with one attached hydrogen (secondary N) is 1. The molecular weight excluding hydrogens is 442 g/mol. The van der Waals surface area contributed by atoms with Crippen LogP contribution >= 0.6 is 0 Å². The van der Waals surface area contributed by atoms with Crippen LogP contribution in [0.4, 0.5) is 10.5 Å². The number of amides is 1. The molecule has 2 N–H and O–H groups in total. The monoisotopic (exact) mass is 471 g/mol. The molecule has 0 bridgehead atoms. The van der Waals surface area contributed by atoms with Crippen molar-refractivity contribution in [1.82, 2.24) is 0 Å². The fourth-order valence-electron chi connectivity index (χ4n) is 4.12. The number of hydrogen-bond donors (Lipinski definition) is 2. The van der Waals surface area contributed by atoms with Gasteiger partial charge in [0.05, 0.1) is 13.0 Å². The Morgan fingerprint density at radius 3 is 2.76 bits per heavy atom. The second kappa shape index (κ2) is 10.5. The van der Waals surface area contributed by atoms with E-state index in [-0.39, 0.29) is 31.8 Å². The van der Waals surface area contributed by atoms with Gasteiger partial charge in [0.15, 0.2) is 11.5 Å². The van der Waals surface area contributed by atoms with Crippen LogP contribution in [-0.4, -0.2) is 36.7 Å². The maximum absolute atomic E-state index is 12.4. The van der Waals surface area contributed by atoms with Crippen LogP contribution in [0.5, 0.6) is 23.0 Å². The quantitative estimate of drug-likeness (QED) is 0.494. The van der Waals surface area contributed by atoms with Crippen LogP contribution < -0.4 is 24.3 Å². The fraction of sp³-hybridized carbons (Fsp3) is 0.440. The first kappa shape index (κ1) is 23.5. The number of fused-ring (bicyclic) bond motifs is 2. The maximum Gasteiger partial charge on any atom is 0.411 e. The van der Waals surface area contributed by atoms with E-state index in [0.29, 0.717) is 40.9 Å². The van der Waals surface area contributed by atoms with Gasteiger partial charge >= 0.3 is 12.1 Å². The molecule has 0 aliphatic carbocycles. The molecule has 0 saturated heterocycles. The van der Waals surface area contributed by atoms with E-state index in [2.05, 4.69) is 12.2 Å². The summed E-state index contributed by atoms with van der Waals surface area (Å²) in [5.74, 6) is 1.27. The number of ether oxygens (including phenoxy) is 5. The molecule has 34 heavy (non-hydrogen) atoms. The van der Waals surface area contributed by atoms with Gasteiger partial charge in [0.25, 0.3) is 0 Å². The Morgan fingerprint density at radius 1 is 1.15 bits per heavy atom. The summed E-state index contributed by atoms with van der Waals surface area (Å²) in [6, 6.07) is 8.84. The van der Waals surface area contributed by atoms with Gasteiger partial charge in [-0.05, 0) is 25.0 Å². The second-order valence-electron chi connectivity index (χ2n) is 8.31. The van der Waals surface area contributed by atoms with E-state index in [1.807, 2.05) is 13.0 Å². The van der Waals surface area contributed by atoms with Crippen LogP contribution in [-0.2, 0) is 16.1 Å². The van der Waals surface area contributed by atoms with Gasteiger partial charge in [-0.25, -0.2) is 4.79 Å². The third-order valence-corrected chi connectivity index (χ3v) is 5.82. The van der Waals surface area contributed by atoms with Crippen molar-refractivity contribution in [2.45, 2.75) is 58.2 Å². The molecule has 2 unspecified atom stereocenters. The summed E-state index contributed by atoms with van der Waals surface area (Å²) in [5.41, 5.74) is 2.09. The fourth-order valence-corrected chi connectivity index (χ4v) is 4.12. The summed E-state index contributed by atoms with van der Waals surface area (Å²) in [6.07, 6.45) is 1.88. The van der Waals surface area contributed by atoms with Crippen molar-refractivity contribution < 1.29 is 38.4 Å². The van der Waals surface area contributed by atoms with E-state index in [0.717, 1.165) is 24.8 Å². The molecule has 0 saturated carbocycles. The lowest BCUT2D eigenvalue weighted by Crippen LogP contribution is -2.22. The Bertz CT molecular complexity index is 1050. The van der Waals surface area contributed by atoms with Gasteiger partial charge in [-0.3, -0.25) is 10.1 Å². The minimum Gasteiger partial charge on any atom is -0.492 e. The first-order valence-corrected chi connectivity index (χ1v) is 11.5. The van der Waals surface area contributed by atoms with Crippen molar-refractivity contribution in [2.24, 2.45) is 0 Å². The number of hydrogen-bond acceptors (Lipinski definition) is 7. The number of carboxylic acid groups (broad SMARTS) is 1. The van der Waals surface area contributed by atoms with Gasteiger partial charge in [0, 0.05) is 34.9 Å². The highest BCUT2D eigenvalue weighted by molar-refractivity contribution is 5.85. The number of carboxylic acids is 1. The van der Waals surface area contributed by atoms with Gasteiger partial charge < -0.3 is 28.8 Å². The molecule has 2 aromatic carbocycles. The summed E-state index contributed by atoms with van der Waals surface area (Å²) < 4.78 is 28.2. The Hall–Kier alpha value is -3.62. The predicted octanol–water partition coefficient (Wildman–Crippen LogP) is 5.07. The van der Waals surface area contributed by atoms with Crippen molar-refractivity contribution in [3.05, 3.63) is 41.5 Å². The maximum atomic E-state index is 12.4. The van der Waals surface area contributed by atoms with Gasteiger partial charge in [-0.1, -0.05) is 26.3 Å². The van der Waals surface area contributed by atoms with Crippen molar-refractivity contribution >= 4 is 17.7 Å². The number of rotatable bonds is 10. The lowest BCUT2D eigenvalue weighted by atomic mass is 9.98. The van der Waals surface area contributed by atoms with Crippen LogP contribution in [0.2, 0.25) is 0 Å². The smallest absolute Gasteiger partial charge is 0.411 e. The zero-order chi connectivity index (χ0) is 24.1. The molecule has 2 aromatic rings. The van der Waals surface area contributed by atoms with E-state index in [1.165, 1.54) is 0 Å². The summed E-state index contributed by atoms with van der Waals surface area (Å²) in [7, 11) is 0. The van der Waals surface area contributed by atoms with Gasteiger partial charge in [0.2, 0.25) is 6.79 Å². The number of aliphatic carboxylic acids is 1. The third-order valence-electron chi connectivity index (χ3n) is 5.82. The molecule has 2 atom stereocenters. The van der Waals surface area contributed by atoms with E-state index < -0.39 is 12.1 Å². The Balaban J connectivity index is 1.44. The zero-order valence-corrected chi connectivity index (χ0v) is 19.3. The second-order valence-corrected chi connectivity index (χ2v) is 8.31. The predicted molar refractivity (Wildman–Crippen MR) is 123 cm³/mol. The zero-order valence-electron chi connectivity index (χ0n) is 19.3. The Kier molecular flexibility index (Phi) is 7.30. The molecule has 2 aliphatic heterocycles. The molecular formula is C25H29NO8. The van der Waals surface area contributed by atoms with E-state index in [9.17, 15) is 9.59 Å². The lowest BCUT2D eigenvalue weighted by Gasteiger charge is -2.16. The third kappa shape index (κ3) is 5.47. The summed E-state index contributed by atoms with van der Waals surface area (Å²) in [6.45, 7) is 4.63. The van der Waals surface area contributed by atoms with E-state index in [1.54, 1.807) is 24.3 Å². The van der Waals surface area contributed by atoms with E-state index >= 15 is 0 Å². The van der Waals surface area contributed by atoms with Gasteiger partial charge in [-0.2, -0.15) is 0 Å². The van der Waals surface area contributed by atoms with Crippen LogP contribution in [0.1, 0.15) is 56.6 Å². The highest BCUT2D eigenvalue weighted by Gasteiger charge is 2.27. The molecule has 9 heteroatoms. The molecule has 2 aliphatic rings. The topological polar surface area (TPSA) is 113 Å².